The molecule has 1 aromatic rings. The van der Waals surface area contributed by atoms with Gasteiger partial charge < -0.3 is 15.5 Å². The van der Waals surface area contributed by atoms with Gasteiger partial charge in [-0.2, -0.15) is 0 Å². The molecule has 5 nitrogen and oxygen atoms in total. The minimum atomic E-state index is -0.448. The lowest BCUT2D eigenvalue weighted by Crippen LogP contribution is -2.60. The van der Waals surface area contributed by atoms with Crippen molar-refractivity contribution in [2.45, 2.75) is 38.0 Å². The smallest absolute Gasteiger partial charge is 0.245 e. The molecule has 2 saturated heterocycles. The standard InChI is InChI=1S/C15H18FN3O2/c1-9-15(21)19-8-12(6-13(19)14(20)18-9)17-7-10-3-2-4-11(16)5-10/h2-5,9,12-13,17H,6-8H2,1H3,(H,18,20)/t9-,12-,13-/m0/s1. The van der Waals surface area contributed by atoms with Crippen molar-refractivity contribution in [2.75, 3.05) is 6.54 Å². The van der Waals surface area contributed by atoms with Crippen molar-refractivity contribution in [1.82, 2.24) is 15.5 Å². The highest BCUT2D eigenvalue weighted by atomic mass is 19.1. The van der Waals surface area contributed by atoms with E-state index in [-0.39, 0.29) is 29.7 Å². The fourth-order valence-corrected chi connectivity index (χ4v) is 3.01. The van der Waals surface area contributed by atoms with Crippen molar-refractivity contribution in [3.05, 3.63) is 35.6 Å². The SMILES string of the molecule is C[C@@H]1NC(=O)[C@@H]2C[C@H](NCc3cccc(F)c3)CN2C1=O. The molecule has 2 N–H and O–H groups in total. The third-order valence-corrected chi connectivity index (χ3v) is 4.10. The van der Waals surface area contributed by atoms with E-state index in [1.807, 2.05) is 6.07 Å². The van der Waals surface area contributed by atoms with Crippen molar-refractivity contribution in [2.24, 2.45) is 0 Å². The second-order valence-electron chi connectivity index (χ2n) is 5.68. The van der Waals surface area contributed by atoms with Crippen LogP contribution in [0.4, 0.5) is 4.39 Å². The Balaban J connectivity index is 1.62. The van der Waals surface area contributed by atoms with Crippen LogP contribution in [0.5, 0.6) is 0 Å². The van der Waals surface area contributed by atoms with E-state index in [1.54, 1.807) is 17.9 Å². The molecule has 112 valence electrons. The molecule has 0 spiro atoms. The number of fused-ring (bicyclic) bond motifs is 1. The summed E-state index contributed by atoms with van der Waals surface area (Å²) in [5, 5.41) is 5.99. The topological polar surface area (TPSA) is 61.4 Å². The van der Waals surface area contributed by atoms with Crippen molar-refractivity contribution < 1.29 is 14.0 Å². The first kappa shape index (κ1) is 14.0. The van der Waals surface area contributed by atoms with Crippen LogP contribution >= 0.6 is 0 Å². The molecule has 2 amide bonds. The number of amides is 2. The Hall–Kier alpha value is -1.95. The molecule has 0 unspecified atom stereocenters. The summed E-state index contributed by atoms with van der Waals surface area (Å²) in [5.74, 6) is -0.381. The molecule has 2 fully saturated rings. The van der Waals surface area contributed by atoms with Gasteiger partial charge in [0.15, 0.2) is 0 Å². The molecule has 0 saturated carbocycles. The Morgan fingerprint density at radius 2 is 2.24 bits per heavy atom. The number of piperazine rings is 1. The van der Waals surface area contributed by atoms with Crippen LogP contribution in [-0.4, -0.2) is 41.4 Å². The van der Waals surface area contributed by atoms with Crippen molar-refractivity contribution in [3.63, 3.8) is 0 Å². The first-order valence-electron chi connectivity index (χ1n) is 7.13. The van der Waals surface area contributed by atoms with Crippen molar-refractivity contribution in [3.8, 4) is 0 Å². The summed E-state index contributed by atoms with van der Waals surface area (Å²) in [5.41, 5.74) is 0.851. The summed E-state index contributed by atoms with van der Waals surface area (Å²) in [6, 6.07) is 5.63. The zero-order valence-corrected chi connectivity index (χ0v) is 11.8. The van der Waals surface area contributed by atoms with Crippen LogP contribution in [0.3, 0.4) is 0 Å². The molecule has 1 aromatic carbocycles. The lowest BCUT2D eigenvalue weighted by Gasteiger charge is -2.32. The second-order valence-corrected chi connectivity index (χ2v) is 5.68. The molecule has 2 heterocycles. The number of carbonyl (C=O) groups excluding carboxylic acids is 2. The Kier molecular flexibility index (Phi) is 3.63. The van der Waals surface area contributed by atoms with E-state index in [0.29, 0.717) is 19.5 Å². The number of hydrogen-bond donors (Lipinski definition) is 2. The number of nitrogens with zero attached hydrogens (tertiary/aromatic N) is 1. The van der Waals surface area contributed by atoms with E-state index in [2.05, 4.69) is 10.6 Å². The van der Waals surface area contributed by atoms with E-state index >= 15 is 0 Å². The zero-order chi connectivity index (χ0) is 15.0. The van der Waals surface area contributed by atoms with E-state index in [0.717, 1.165) is 5.56 Å². The number of benzene rings is 1. The molecule has 3 rings (SSSR count). The zero-order valence-electron chi connectivity index (χ0n) is 11.8. The van der Waals surface area contributed by atoms with Crippen LogP contribution in [0, 0.1) is 5.82 Å². The highest BCUT2D eigenvalue weighted by Crippen LogP contribution is 2.22. The normalized spacial score (nSPS) is 28.5. The first-order valence-corrected chi connectivity index (χ1v) is 7.13. The van der Waals surface area contributed by atoms with Gasteiger partial charge in [0.1, 0.15) is 17.9 Å². The third-order valence-electron chi connectivity index (χ3n) is 4.10. The van der Waals surface area contributed by atoms with Gasteiger partial charge in [-0.3, -0.25) is 9.59 Å². The maximum absolute atomic E-state index is 13.1. The predicted octanol–water partition coefficient (Wildman–Crippen LogP) is 0.403. The molecule has 2 aliphatic rings. The van der Waals surface area contributed by atoms with Crippen LogP contribution in [0.2, 0.25) is 0 Å². The van der Waals surface area contributed by atoms with Crippen LogP contribution in [0.15, 0.2) is 24.3 Å². The van der Waals surface area contributed by atoms with Gasteiger partial charge in [-0.25, -0.2) is 4.39 Å². The van der Waals surface area contributed by atoms with Gasteiger partial charge in [0, 0.05) is 19.1 Å². The summed E-state index contributed by atoms with van der Waals surface area (Å²) in [6.07, 6.45) is 0.597. The average molecular weight is 291 g/mol. The summed E-state index contributed by atoms with van der Waals surface area (Å²) in [7, 11) is 0. The van der Waals surface area contributed by atoms with Crippen molar-refractivity contribution in [1.29, 1.82) is 0 Å². The number of nitrogens with one attached hydrogen (secondary N) is 2. The van der Waals surface area contributed by atoms with E-state index in [9.17, 15) is 14.0 Å². The quantitative estimate of drug-likeness (QED) is 0.847. The number of hydrogen-bond acceptors (Lipinski definition) is 3. The van der Waals surface area contributed by atoms with Gasteiger partial charge in [-0.05, 0) is 31.0 Å². The Morgan fingerprint density at radius 3 is 3.00 bits per heavy atom. The number of carbonyl (C=O) groups is 2. The third kappa shape index (κ3) is 2.76. The molecule has 0 aromatic heterocycles. The molecule has 0 aliphatic carbocycles. The van der Waals surface area contributed by atoms with Gasteiger partial charge in [0.25, 0.3) is 0 Å². The summed E-state index contributed by atoms with van der Waals surface area (Å²) in [4.78, 5) is 25.6. The summed E-state index contributed by atoms with van der Waals surface area (Å²) < 4.78 is 13.1. The van der Waals surface area contributed by atoms with E-state index < -0.39 is 6.04 Å². The molecular formula is C15H18FN3O2. The second kappa shape index (κ2) is 5.44. The van der Waals surface area contributed by atoms with Gasteiger partial charge in [-0.15, -0.1) is 0 Å². The Labute approximate surface area is 122 Å². The monoisotopic (exact) mass is 291 g/mol. The van der Waals surface area contributed by atoms with Crippen molar-refractivity contribution >= 4 is 11.8 Å². The largest absolute Gasteiger partial charge is 0.343 e. The minimum Gasteiger partial charge on any atom is -0.343 e. The average Bonchev–Trinajstić information content (AvgIpc) is 2.88. The molecule has 3 atom stereocenters. The Bertz CT molecular complexity index is 578. The van der Waals surface area contributed by atoms with Gasteiger partial charge in [0.05, 0.1) is 0 Å². The highest BCUT2D eigenvalue weighted by Gasteiger charge is 2.44. The van der Waals surface area contributed by atoms with E-state index in [4.69, 9.17) is 0 Å². The molecule has 2 aliphatic heterocycles. The highest BCUT2D eigenvalue weighted by molar-refractivity contribution is 5.97. The lowest BCUT2D eigenvalue weighted by atomic mass is 10.1. The van der Waals surface area contributed by atoms with Gasteiger partial charge >= 0.3 is 0 Å². The van der Waals surface area contributed by atoms with Crippen LogP contribution < -0.4 is 10.6 Å². The summed E-state index contributed by atoms with van der Waals surface area (Å²) in [6.45, 7) is 2.74. The molecule has 0 radical (unpaired) electrons. The summed E-state index contributed by atoms with van der Waals surface area (Å²) >= 11 is 0. The lowest BCUT2D eigenvalue weighted by molar-refractivity contribution is -0.146. The van der Waals surface area contributed by atoms with Gasteiger partial charge in [-0.1, -0.05) is 12.1 Å². The molecule has 21 heavy (non-hydrogen) atoms. The minimum absolute atomic E-state index is 0.0327. The first-order chi connectivity index (χ1) is 10.0. The molecular weight excluding hydrogens is 273 g/mol. The van der Waals surface area contributed by atoms with Gasteiger partial charge in [0.2, 0.25) is 11.8 Å². The maximum atomic E-state index is 13.1. The predicted molar refractivity (Wildman–Crippen MR) is 74.8 cm³/mol. The Morgan fingerprint density at radius 1 is 1.43 bits per heavy atom. The molecule has 0 bridgehead atoms. The van der Waals surface area contributed by atoms with Crippen LogP contribution in [0.25, 0.3) is 0 Å². The van der Waals surface area contributed by atoms with Crippen LogP contribution in [0.1, 0.15) is 18.9 Å². The van der Waals surface area contributed by atoms with Crippen LogP contribution in [-0.2, 0) is 16.1 Å². The number of halogens is 1. The molecule has 6 heteroatoms. The fourth-order valence-electron chi connectivity index (χ4n) is 3.01. The number of rotatable bonds is 3. The van der Waals surface area contributed by atoms with E-state index in [1.165, 1.54) is 12.1 Å². The fraction of sp³-hybridized carbons (Fsp3) is 0.467. The maximum Gasteiger partial charge on any atom is 0.245 e.